The van der Waals surface area contributed by atoms with Crippen LogP contribution in [0.2, 0.25) is 0 Å². The predicted molar refractivity (Wildman–Crippen MR) is 107 cm³/mol. The van der Waals surface area contributed by atoms with Crippen LogP contribution in [0.3, 0.4) is 0 Å². The summed E-state index contributed by atoms with van der Waals surface area (Å²) in [6.07, 6.45) is 6.45. The Morgan fingerprint density at radius 2 is 2.04 bits per heavy atom. The number of hydrogen-bond acceptors (Lipinski definition) is 3. The van der Waals surface area contributed by atoms with Gasteiger partial charge in [-0.1, -0.05) is 23.8 Å². The molecule has 0 aromatic heterocycles. The van der Waals surface area contributed by atoms with Crippen molar-refractivity contribution in [2.75, 3.05) is 39.9 Å². The summed E-state index contributed by atoms with van der Waals surface area (Å²) in [7, 11) is 1.83. The van der Waals surface area contributed by atoms with E-state index in [0.29, 0.717) is 6.04 Å². The molecular formula is C21H31FN4O. The lowest BCUT2D eigenvalue weighted by Gasteiger charge is -2.33. The molecule has 2 N–H and O–H groups in total. The van der Waals surface area contributed by atoms with Crippen molar-refractivity contribution in [3.63, 3.8) is 0 Å². The molecule has 148 valence electrons. The normalized spacial score (nSPS) is 19.6. The molecule has 3 rings (SSSR count). The monoisotopic (exact) mass is 374 g/mol. The van der Waals surface area contributed by atoms with Gasteiger partial charge >= 0.3 is 0 Å². The number of benzene rings is 1. The molecule has 2 heterocycles. The van der Waals surface area contributed by atoms with Crippen LogP contribution >= 0.6 is 0 Å². The van der Waals surface area contributed by atoms with Crippen LogP contribution in [0.4, 0.5) is 4.39 Å². The Balaban J connectivity index is 1.35. The van der Waals surface area contributed by atoms with E-state index in [0.717, 1.165) is 71.0 Å². The largest absolute Gasteiger partial charge is 0.377 e. The number of aliphatic imine (C=N–C) groups is 1. The minimum absolute atomic E-state index is 0.173. The summed E-state index contributed by atoms with van der Waals surface area (Å²) < 4.78 is 18.4. The fourth-order valence-corrected chi connectivity index (χ4v) is 3.61. The van der Waals surface area contributed by atoms with Gasteiger partial charge in [-0.3, -0.25) is 9.89 Å². The van der Waals surface area contributed by atoms with Crippen molar-refractivity contribution in [2.24, 2.45) is 4.99 Å². The highest BCUT2D eigenvalue weighted by molar-refractivity contribution is 5.79. The zero-order valence-corrected chi connectivity index (χ0v) is 16.2. The fourth-order valence-electron chi connectivity index (χ4n) is 3.61. The van der Waals surface area contributed by atoms with Crippen LogP contribution in [-0.4, -0.2) is 56.8 Å². The number of hydrogen-bond donors (Lipinski definition) is 2. The number of halogens is 1. The van der Waals surface area contributed by atoms with Gasteiger partial charge < -0.3 is 15.4 Å². The van der Waals surface area contributed by atoms with E-state index in [9.17, 15) is 4.39 Å². The summed E-state index contributed by atoms with van der Waals surface area (Å²) in [5.41, 5.74) is 2.64. The Kier molecular flexibility index (Phi) is 7.66. The average Bonchev–Trinajstić information content (AvgIpc) is 2.71. The molecule has 27 heavy (non-hydrogen) atoms. The summed E-state index contributed by atoms with van der Waals surface area (Å²) in [5.74, 6) is 0.716. The highest BCUT2D eigenvalue weighted by Gasteiger charge is 2.20. The van der Waals surface area contributed by atoms with Crippen molar-refractivity contribution in [3.8, 4) is 0 Å². The second-order valence-electron chi connectivity index (χ2n) is 7.26. The zero-order valence-electron chi connectivity index (χ0n) is 16.2. The molecule has 1 aromatic carbocycles. The highest BCUT2D eigenvalue weighted by atomic mass is 19.1. The number of ether oxygens (including phenoxy) is 1. The topological polar surface area (TPSA) is 48.9 Å². The third-order valence-electron chi connectivity index (χ3n) is 5.27. The maximum Gasteiger partial charge on any atom is 0.191 e. The molecule has 2 aliphatic heterocycles. The van der Waals surface area contributed by atoms with E-state index in [-0.39, 0.29) is 5.82 Å². The van der Waals surface area contributed by atoms with Gasteiger partial charge in [0.1, 0.15) is 5.82 Å². The zero-order chi connectivity index (χ0) is 18.9. The van der Waals surface area contributed by atoms with E-state index in [2.05, 4.69) is 26.6 Å². The lowest BCUT2D eigenvalue weighted by Crippen LogP contribution is -2.48. The molecule has 1 saturated heterocycles. The molecule has 0 radical (unpaired) electrons. The number of guanidine groups is 1. The maximum atomic E-state index is 13.0. The van der Waals surface area contributed by atoms with Crippen LogP contribution < -0.4 is 10.6 Å². The van der Waals surface area contributed by atoms with E-state index in [1.54, 1.807) is 0 Å². The Labute approximate surface area is 161 Å². The smallest absolute Gasteiger partial charge is 0.191 e. The van der Waals surface area contributed by atoms with Crippen molar-refractivity contribution in [2.45, 2.75) is 38.3 Å². The minimum Gasteiger partial charge on any atom is -0.377 e. The molecule has 0 bridgehead atoms. The summed E-state index contributed by atoms with van der Waals surface area (Å²) in [4.78, 5) is 6.79. The summed E-state index contributed by atoms with van der Waals surface area (Å²) in [5, 5.41) is 6.98. The molecule has 1 aromatic rings. The van der Waals surface area contributed by atoms with Crippen molar-refractivity contribution < 1.29 is 9.13 Å². The van der Waals surface area contributed by atoms with Crippen molar-refractivity contribution in [3.05, 3.63) is 47.3 Å². The minimum atomic E-state index is -0.173. The van der Waals surface area contributed by atoms with E-state index in [4.69, 9.17) is 4.74 Å². The van der Waals surface area contributed by atoms with Crippen LogP contribution in [-0.2, 0) is 11.3 Å². The maximum absolute atomic E-state index is 13.0. The Morgan fingerprint density at radius 1 is 1.26 bits per heavy atom. The SMILES string of the molecule is CN=C(NCCC1=CCOCC1)NC1CCN(Cc2ccc(F)cc2)CC1. The van der Waals surface area contributed by atoms with Gasteiger partial charge in [-0.05, 0) is 43.4 Å². The Bertz CT molecular complexity index is 636. The van der Waals surface area contributed by atoms with Crippen molar-refractivity contribution in [1.82, 2.24) is 15.5 Å². The van der Waals surface area contributed by atoms with Gasteiger partial charge in [-0.2, -0.15) is 0 Å². The first-order valence-electron chi connectivity index (χ1n) is 9.92. The van der Waals surface area contributed by atoms with E-state index < -0.39 is 0 Å². The lowest BCUT2D eigenvalue weighted by atomic mass is 10.0. The van der Waals surface area contributed by atoms with Gasteiger partial charge in [-0.15, -0.1) is 0 Å². The molecule has 0 saturated carbocycles. The molecule has 0 aliphatic carbocycles. The number of likely N-dealkylation sites (tertiary alicyclic amines) is 1. The van der Waals surface area contributed by atoms with Crippen LogP contribution in [0, 0.1) is 5.82 Å². The number of rotatable bonds is 6. The quantitative estimate of drug-likeness (QED) is 0.457. The molecular weight excluding hydrogens is 343 g/mol. The summed E-state index contributed by atoms with van der Waals surface area (Å²) in [6.45, 7) is 5.46. The average molecular weight is 375 g/mol. The van der Waals surface area contributed by atoms with Gasteiger partial charge in [0.05, 0.1) is 13.2 Å². The molecule has 5 nitrogen and oxygen atoms in total. The standard InChI is InChI=1S/C21H31FN4O/c1-23-21(24-11-6-17-9-14-27-15-10-17)25-20-7-12-26(13-8-20)16-18-2-4-19(22)5-3-18/h2-5,9,20H,6-8,10-16H2,1H3,(H2,23,24,25). The summed E-state index contributed by atoms with van der Waals surface area (Å²) in [6, 6.07) is 7.27. The first kappa shape index (κ1) is 19.8. The fraction of sp³-hybridized carbons (Fsp3) is 0.571. The molecule has 1 fully saturated rings. The second kappa shape index (κ2) is 10.4. The Morgan fingerprint density at radius 3 is 2.70 bits per heavy atom. The predicted octanol–water partition coefficient (Wildman–Crippen LogP) is 2.69. The van der Waals surface area contributed by atoms with E-state index in [1.165, 1.54) is 23.3 Å². The number of nitrogens with zero attached hydrogens (tertiary/aromatic N) is 2. The third kappa shape index (κ3) is 6.63. The van der Waals surface area contributed by atoms with Gasteiger partial charge in [0, 0.05) is 39.3 Å². The van der Waals surface area contributed by atoms with Gasteiger partial charge in [0.25, 0.3) is 0 Å². The van der Waals surface area contributed by atoms with Crippen molar-refractivity contribution in [1.29, 1.82) is 0 Å². The molecule has 0 spiro atoms. The first-order chi connectivity index (χ1) is 13.2. The molecule has 2 aliphatic rings. The van der Waals surface area contributed by atoms with Gasteiger partial charge in [-0.25, -0.2) is 4.39 Å². The van der Waals surface area contributed by atoms with Crippen LogP contribution in [0.1, 0.15) is 31.2 Å². The van der Waals surface area contributed by atoms with Gasteiger partial charge in [0.2, 0.25) is 0 Å². The van der Waals surface area contributed by atoms with Crippen LogP contribution in [0.25, 0.3) is 0 Å². The third-order valence-corrected chi connectivity index (χ3v) is 5.27. The second-order valence-corrected chi connectivity index (χ2v) is 7.26. The molecule has 0 atom stereocenters. The van der Waals surface area contributed by atoms with Crippen molar-refractivity contribution >= 4 is 5.96 Å². The highest BCUT2D eigenvalue weighted by Crippen LogP contribution is 2.14. The number of nitrogens with one attached hydrogen (secondary N) is 2. The Hall–Kier alpha value is -1.92. The molecule has 6 heteroatoms. The number of piperidine rings is 1. The summed E-state index contributed by atoms with van der Waals surface area (Å²) >= 11 is 0. The lowest BCUT2D eigenvalue weighted by molar-refractivity contribution is 0.153. The first-order valence-corrected chi connectivity index (χ1v) is 9.92. The molecule has 0 unspecified atom stereocenters. The van der Waals surface area contributed by atoms with Crippen LogP contribution in [0.5, 0.6) is 0 Å². The van der Waals surface area contributed by atoms with E-state index in [1.807, 2.05) is 19.2 Å². The van der Waals surface area contributed by atoms with Gasteiger partial charge in [0.15, 0.2) is 5.96 Å². The molecule has 0 amide bonds. The van der Waals surface area contributed by atoms with Crippen LogP contribution in [0.15, 0.2) is 40.9 Å². The van der Waals surface area contributed by atoms with E-state index >= 15 is 0 Å².